The predicted molar refractivity (Wildman–Crippen MR) is 91.2 cm³/mol. The van der Waals surface area contributed by atoms with Crippen molar-refractivity contribution in [2.75, 3.05) is 26.2 Å². The quantitative estimate of drug-likeness (QED) is 0.893. The van der Waals surface area contributed by atoms with E-state index in [1.54, 1.807) is 0 Å². The number of carbonyl (C=O) groups excluding carboxylic acids is 1. The molecule has 0 radical (unpaired) electrons. The predicted octanol–water partition coefficient (Wildman–Crippen LogP) is 1.75. The highest BCUT2D eigenvalue weighted by Crippen LogP contribution is 2.25. The number of aliphatic hydroxyl groups excluding tert-OH is 1. The summed E-state index contributed by atoms with van der Waals surface area (Å²) < 4.78 is 0. The van der Waals surface area contributed by atoms with Crippen LogP contribution in [0.25, 0.3) is 0 Å². The van der Waals surface area contributed by atoms with E-state index >= 15 is 0 Å². The second-order valence-electron chi connectivity index (χ2n) is 7.11. The molecule has 126 valence electrons. The second kappa shape index (κ2) is 7.45. The molecule has 0 saturated carbocycles. The topological polar surface area (TPSA) is 52.6 Å². The van der Waals surface area contributed by atoms with Gasteiger partial charge in [-0.2, -0.15) is 0 Å². The summed E-state index contributed by atoms with van der Waals surface area (Å²) in [5, 5.41) is 13.7. The Morgan fingerprint density at radius 3 is 2.61 bits per heavy atom. The molecule has 0 aromatic heterocycles. The van der Waals surface area contributed by atoms with Crippen molar-refractivity contribution >= 4 is 5.91 Å². The Kier molecular flexibility index (Phi) is 5.34. The van der Waals surface area contributed by atoms with E-state index in [1.807, 2.05) is 4.90 Å². The Morgan fingerprint density at radius 2 is 1.91 bits per heavy atom. The summed E-state index contributed by atoms with van der Waals surface area (Å²) in [5.41, 5.74) is 2.50. The molecule has 0 spiro atoms. The monoisotopic (exact) mass is 316 g/mol. The van der Waals surface area contributed by atoms with Crippen LogP contribution in [-0.4, -0.2) is 48.2 Å². The number of nitrogens with zero attached hydrogens (tertiary/aromatic N) is 1. The molecule has 2 atom stereocenters. The number of hydrogen-bond acceptors (Lipinski definition) is 3. The van der Waals surface area contributed by atoms with Crippen LogP contribution in [0.1, 0.15) is 30.4 Å². The van der Waals surface area contributed by atoms with Gasteiger partial charge in [0.1, 0.15) is 0 Å². The van der Waals surface area contributed by atoms with Crippen LogP contribution in [-0.2, 0) is 11.2 Å². The van der Waals surface area contributed by atoms with Crippen LogP contribution >= 0.6 is 0 Å². The number of aryl methyl sites for hydroxylation is 1. The molecule has 2 fully saturated rings. The standard InChI is InChI=1S/C19H28N2O2/c1-14-2-4-15(5-3-14)12-17-13-21(11-8-18(17)22)19(23)16-6-9-20-10-7-16/h2-5,16-18,20,22H,6-13H2,1H3/t17-,18-/m1/s1. The fourth-order valence-corrected chi connectivity index (χ4v) is 3.77. The molecule has 0 aliphatic carbocycles. The molecular formula is C19H28N2O2. The molecule has 1 amide bonds. The lowest BCUT2D eigenvalue weighted by Crippen LogP contribution is -2.49. The zero-order chi connectivity index (χ0) is 16.2. The third-order valence-electron chi connectivity index (χ3n) is 5.31. The molecule has 4 nitrogen and oxygen atoms in total. The Hall–Kier alpha value is -1.39. The molecule has 3 rings (SSSR count). The lowest BCUT2D eigenvalue weighted by Gasteiger charge is -2.38. The average Bonchev–Trinajstić information content (AvgIpc) is 2.59. The van der Waals surface area contributed by atoms with Crippen molar-refractivity contribution in [1.82, 2.24) is 10.2 Å². The van der Waals surface area contributed by atoms with Crippen LogP contribution in [0.5, 0.6) is 0 Å². The van der Waals surface area contributed by atoms with Crippen LogP contribution < -0.4 is 5.32 Å². The van der Waals surface area contributed by atoms with Crippen LogP contribution in [0.2, 0.25) is 0 Å². The maximum atomic E-state index is 12.7. The fraction of sp³-hybridized carbons (Fsp3) is 0.632. The van der Waals surface area contributed by atoms with E-state index in [-0.39, 0.29) is 17.9 Å². The molecular weight excluding hydrogens is 288 g/mol. The van der Waals surface area contributed by atoms with Gasteiger partial charge in [-0.05, 0) is 51.3 Å². The van der Waals surface area contributed by atoms with Gasteiger partial charge in [0.15, 0.2) is 0 Å². The smallest absolute Gasteiger partial charge is 0.225 e. The van der Waals surface area contributed by atoms with Crippen molar-refractivity contribution in [3.05, 3.63) is 35.4 Å². The average molecular weight is 316 g/mol. The number of benzene rings is 1. The number of rotatable bonds is 3. The van der Waals surface area contributed by atoms with E-state index in [1.165, 1.54) is 11.1 Å². The first-order valence-corrected chi connectivity index (χ1v) is 8.86. The number of nitrogens with one attached hydrogen (secondary N) is 1. The first-order valence-electron chi connectivity index (χ1n) is 8.86. The summed E-state index contributed by atoms with van der Waals surface area (Å²) >= 11 is 0. The molecule has 2 N–H and O–H groups in total. The van der Waals surface area contributed by atoms with Crippen molar-refractivity contribution in [3.8, 4) is 0 Å². The molecule has 2 aliphatic rings. The van der Waals surface area contributed by atoms with Crippen LogP contribution in [0.4, 0.5) is 0 Å². The number of aliphatic hydroxyl groups is 1. The molecule has 1 aromatic carbocycles. The van der Waals surface area contributed by atoms with E-state index in [0.717, 1.165) is 32.4 Å². The van der Waals surface area contributed by atoms with Gasteiger partial charge in [-0.3, -0.25) is 4.79 Å². The van der Waals surface area contributed by atoms with Gasteiger partial charge in [0.2, 0.25) is 5.91 Å². The van der Waals surface area contributed by atoms with E-state index in [2.05, 4.69) is 36.5 Å². The minimum absolute atomic E-state index is 0.150. The summed E-state index contributed by atoms with van der Waals surface area (Å²) in [7, 11) is 0. The Labute approximate surface area is 138 Å². The van der Waals surface area contributed by atoms with Crippen molar-refractivity contribution in [3.63, 3.8) is 0 Å². The SMILES string of the molecule is Cc1ccc(C[C@@H]2CN(C(=O)C3CCNCC3)CC[C@H]2O)cc1. The summed E-state index contributed by atoms with van der Waals surface area (Å²) in [5.74, 6) is 0.621. The van der Waals surface area contributed by atoms with Gasteiger partial charge in [0.05, 0.1) is 6.10 Å². The van der Waals surface area contributed by atoms with Crippen molar-refractivity contribution in [2.45, 2.75) is 38.7 Å². The number of carbonyl (C=O) groups is 1. The van der Waals surface area contributed by atoms with E-state index < -0.39 is 0 Å². The minimum Gasteiger partial charge on any atom is -0.393 e. The maximum Gasteiger partial charge on any atom is 0.225 e. The lowest BCUT2D eigenvalue weighted by atomic mass is 9.87. The first-order chi connectivity index (χ1) is 11.1. The fourth-order valence-electron chi connectivity index (χ4n) is 3.77. The molecule has 1 aromatic rings. The lowest BCUT2D eigenvalue weighted by molar-refractivity contribution is -0.140. The zero-order valence-electron chi connectivity index (χ0n) is 14.0. The summed E-state index contributed by atoms with van der Waals surface area (Å²) in [6.45, 7) is 5.37. The van der Waals surface area contributed by atoms with Crippen LogP contribution in [0, 0.1) is 18.8 Å². The van der Waals surface area contributed by atoms with Gasteiger partial charge in [-0.25, -0.2) is 0 Å². The van der Waals surface area contributed by atoms with Gasteiger partial charge in [0, 0.05) is 24.9 Å². The Bertz CT molecular complexity index is 523. The Morgan fingerprint density at radius 1 is 1.22 bits per heavy atom. The van der Waals surface area contributed by atoms with Gasteiger partial charge in [-0.1, -0.05) is 29.8 Å². The molecule has 2 aliphatic heterocycles. The van der Waals surface area contributed by atoms with Gasteiger partial charge in [-0.15, -0.1) is 0 Å². The molecule has 2 heterocycles. The van der Waals surface area contributed by atoms with E-state index in [9.17, 15) is 9.90 Å². The molecule has 4 heteroatoms. The van der Waals surface area contributed by atoms with Gasteiger partial charge >= 0.3 is 0 Å². The van der Waals surface area contributed by atoms with E-state index in [4.69, 9.17) is 0 Å². The first kappa shape index (κ1) is 16.5. The highest BCUT2D eigenvalue weighted by molar-refractivity contribution is 5.79. The summed E-state index contributed by atoms with van der Waals surface area (Å²) in [6.07, 6.45) is 3.14. The largest absolute Gasteiger partial charge is 0.393 e. The van der Waals surface area contributed by atoms with Crippen molar-refractivity contribution in [1.29, 1.82) is 0 Å². The van der Waals surface area contributed by atoms with Crippen LogP contribution in [0.3, 0.4) is 0 Å². The second-order valence-corrected chi connectivity index (χ2v) is 7.11. The maximum absolute atomic E-state index is 12.7. The highest BCUT2D eigenvalue weighted by atomic mass is 16.3. The minimum atomic E-state index is -0.298. The van der Waals surface area contributed by atoms with Crippen molar-refractivity contribution in [2.24, 2.45) is 11.8 Å². The Balaban J connectivity index is 1.61. The zero-order valence-corrected chi connectivity index (χ0v) is 14.0. The summed E-state index contributed by atoms with van der Waals surface area (Å²) in [4.78, 5) is 14.7. The molecule has 0 bridgehead atoms. The number of likely N-dealkylation sites (tertiary alicyclic amines) is 1. The van der Waals surface area contributed by atoms with E-state index in [0.29, 0.717) is 25.4 Å². The van der Waals surface area contributed by atoms with Gasteiger partial charge < -0.3 is 15.3 Å². The normalized spacial score (nSPS) is 26.3. The molecule has 0 unspecified atom stereocenters. The highest BCUT2D eigenvalue weighted by Gasteiger charge is 2.33. The summed E-state index contributed by atoms with van der Waals surface area (Å²) in [6, 6.07) is 8.50. The molecule has 23 heavy (non-hydrogen) atoms. The third kappa shape index (κ3) is 4.12. The number of piperidine rings is 2. The number of hydrogen-bond donors (Lipinski definition) is 2. The van der Waals surface area contributed by atoms with Crippen LogP contribution in [0.15, 0.2) is 24.3 Å². The number of amides is 1. The van der Waals surface area contributed by atoms with Gasteiger partial charge in [0.25, 0.3) is 0 Å². The molecule has 2 saturated heterocycles. The van der Waals surface area contributed by atoms with Crippen molar-refractivity contribution < 1.29 is 9.90 Å². The third-order valence-corrected chi connectivity index (χ3v) is 5.31.